The van der Waals surface area contributed by atoms with Gasteiger partial charge in [-0.05, 0) is 19.1 Å². The first-order valence-corrected chi connectivity index (χ1v) is 4.20. The molecule has 0 bridgehead atoms. The maximum absolute atomic E-state index is 11.4. The SMILES string of the molecule is CC(N)C(=O)c1ccc(O)c([N+](=O)[O-])c1. The highest BCUT2D eigenvalue weighted by Crippen LogP contribution is 2.26. The molecule has 1 rings (SSSR count). The zero-order valence-corrected chi connectivity index (χ0v) is 8.01. The van der Waals surface area contributed by atoms with Crippen LogP contribution in [0.1, 0.15) is 17.3 Å². The molecule has 0 spiro atoms. The summed E-state index contributed by atoms with van der Waals surface area (Å²) < 4.78 is 0. The molecule has 0 radical (unpaired) electrons. The Balaban J connectivity index is 3.19. The molecule has 0 saturated heterocycles. The lowest BCUT2D eigenvalue weighted by Gasteiger charge is -2.04. The number of nitro groups is 1. The number of benzene rings is 1. The molecule has 1 unspecified atom stereocenters. The number of Topliss-reactive ketones (excluding diaryl/α,β-unsaturated/α-hetero) is 1. The van der Waals surface area contributed by atoms with Gasteiger partial charge in [-0.25, -0.2) is 0 Å². The lowest BCUT2D eigenvalue weighted by molar-refractivity contribution is -0.385. The van der Waals surface area contributed by atoms with Crippen molar-refractivity contribution in [3.05, 3.63) is 33.9 Å². The van der Waals surface area contributed by atoms with Crippen LogP contribution in [0.2, 0.25) is 0 Å². The second kappa shape index (κ2) is 4.05. The second-order valence-electron chi connectivity index (χ2n) is 3.11. The predicted octanol–water partition coefficient (Wildman–Crippen LogP) is 0.830. The quantitative estimate of drug-likeness (QED) is 0.436. The third kappa shape index (κ3) is 2.29. The summed E-state index contributed by atoms with van der Waals surface area (Å²) >= 11 is 0. The number of ketones is 1. The minimum atomic E-state index is -0.757. The number of rotatable bonds is 3. The van der Waals surface area contributed by atoms with E-state index in [-0.39, 0.29) is 5.56 Å². The van der Waals surface area contributed by atoms with Crippen molar-refractivity contribution in [3.8, 4) is 5.75 Å². The summed E-state index contributed by atoms with van der Waals surface area (Å²) in [5, 5.41) is 19.6. The van der Waals surface area contributed by atoms with Crippen molar-refractivity contribution in [1.29, 1.82) is 0 Å². The van der Waals surface area contributed by atoms with Gasteiger partial charge < -0.3 is 10.8 Å². The number of aromatic hydroxyl groups is 1. The zero-order chi connectivity index (χ0) is 11.6. The van der Waals surface area contributed by atoms with Crippen molar-refractivity contribution in [2.45, 2.75) is 13.0 Å². The van der Waals surface area contributed by atoms with Gasteiger partial charge in [0.15, 0.2) is 11.5 Å². The van der Waals surface area contributed by atoms with Crippen molar-refractivity contribution >= 4 is 11.5 Å². The average molecular weight is 210 g/mol. The van der Waals surface area contributed by atoms with E-state index < -0.39 is 28.2 Å². The Morgan fingerprint density at radius 3 is 2.67 bits per heavy atom. The maximum Gasteiger partial charge on any atom is 0.311 e. The summed E-state index contributed by atoms with van der Waals surface area (Å²) in [6, 6.07) is 2.69. The van der Waals surface area contributed by atoms with E-state index in [0.29, 0.717) is 0 Å². The number of nitrogens with two attached hydrogens (primary N) is 1. The smallest absolute Gasteiger partial charge is 0.311 e. The van der Waals surface area contributed by atoms with E-state index >= 15 is 0 Å². The van der Waals surface area contributed by atoms with Crippen LogP contribution < -0.4 is 5.73 Å². The van der Waals surface area contributed by atoms with E-state index in [1.54, 1.807) is 0 Å². The minimum Gasteiger partial charge on any atom is -0.502 e. The number of carbonyl (C=O) groups excluding carboxylic acids is 1. The largest absolute Gasteiger partial charge is 0.502 e. The summed E-state index contributed by atoms with van der Waals surface area (Å²) in [5.41, 5.74) is 4.97. The van der Waals surface area contributed by atoms with Crippen LogP contribution in [0.15, 0.2) is 18.2 Å². The van der Waals surface area contributed by atoms with Gasteiger partial charge in [0, 0.05) is 11.6 Å². The molecule has 6 nitrogen and oxygen atoms in total. The van der Waals surface area contributed by atoms with Crippen LogP contribution in [0.4, 0.5) is 5.69 Å². The van der Waals surface area contributed by atoms with E-state index in [9.17, 15) is 14.9 Å². The fourth-order valence-corrected chi connectivity index (χ4v) is 1.09. The molecule has 0 aromatic heterocycles. The molecule has 6 heteroatoms. The molecule has 80 valence electrons. The van der Waals surface area contributed by atoms with Crippen LogP contribution in [0.5, 0.6) is 5.75 Å². The zero-order valence-electron chi connectivity index (χ0n) is 8.01. The van der Waals surface area contributed by atoms with Gasteiger partial charge in [-0.2, -0.15) is 0 Å². The molecule has 0 aliphatic rings. The number of phenolic OH excluding ortho intramolecular Hbond substituents is 1. The lowest BCUT2D eigenvalue weighted by Crippen LogP contribution is -2.26. The third-order valence-corrected chi connectivity index (χ3v) is 1.87. The van der Waals surface area contributed by atoms with E-state index in [2.05, 4.69) is 0 Å². The first kappa shape index (κ1) is 11.1. The minimum absolute atomic E-state index is 0.120. The van der Waals surface area contributed by atoms with E-state index in [4.69, 9.17) is 10.8 Å². The number of hydrogen-bond acceptors (Lipinski definition) is 5. The first-order chi connectivity index (χ1) is 6.93. The molecule has 1 atom stereocenters. The summed E-state index contributed by atoms with van der Waals surface area (Å²) in [6.45, 7) is 1.49. The van der Waals surface area contributed by atoms with Gasteiger partial charge >= 0.3 is 5.69 Å². The highest BCUT2D eigenvalue weighted by atomic mass is 16.6. The summed E-state index contributed by atoms with van der Waals surface area (Å²) in [6.07, 6.45) is 0. The van der Waals surface area contributed by atoms with Gasteiger partial charge in [0.1, 0.15) is 0 Å². The van der Waals surface area contributed by atoms with E-state index in [0.717, 1.165) is 12.1 Å². The Kier molecular flexibility index (Phi) is 3.01. The van der Waals surface area contributed by atoms with Crippen LogP contribution in [0, 0.1) is 10.1 Å². The Morgan fingerprint density at radius 1 is 1.60 bits per heavy atom. The van der Waals surface area contributed by atoms with Gasteiger partial charge in [-0.1, -0.05) is 0 Å². The molecule has 1 aromatic rings. The normalized spacial score (nSPS) is 12.1. The van der Waals surface area contributed by atoms with E-state index in [1.807, 2.05) is 0 Å². The van der Waals surface area contributed by atoms with Crippen molar-refractivity contribution < 1.29 is 14.8 Å². The number of nitro benzene ring substituents is 1. The van der Waals surface area contributed by atoms with Gasteiger partial charge in [-0.3, -0.25) is 14.9 Å². The standard InChI is InChI=1S/C9H10N2O4/c1-5(10)9(13)6-2-3-8(12)7(4-6)11(14)15/h2-5,12H,10H2,1H3. The molecule has 0 aliphatic carbocycles. The highest BCUT2D eigenvalue weighted by Gasteiger charge is 2.18. The highest BCUT2D eigenvalue weighted by molar-refractivity contribution is 6.00. The maximum atomic E-state index is 11.4. The molecule has 0 heterocycles. The van der Waals surface area contributed by atoms with Crippen LogP contribution in [-0.2, 0) is 0 Å². The topological polar surface area (TPSA) is 106 Å². The molecule has 3 N–H and O–H groups in total. The van der Waals surface area contributed by atoms with Gasteiger partial charge in [0.2, 0.25) is 0 Å². The first-order valence-electron chi connectivity index (χ1n) is 4.20. The van der Waals surface area contributed by atoms with Crippen LogP contribution >= 0.6 is 0 Å². The van der Waals surface area contributed by atoms with Gasteiger partial charge in [0.05, 0.1) is 11.0 Å². The van der Waals surface area contributed by atoms with Crippen molar-refractivity contribution in [2.24, 2.45) is 5.73 Å². The van der Waals surface area contributed by atoms with Gasteiger partial charge in [0.25, 0.3) is 0 Å². The fraction of sp³-hybridized carbons (Fsp3) is 0.222. The third-order valence-electron chi connectivity index (χ3n) is 1.87. The molecule has 0 saturated carbocycles. The molecule has 1 aromatic carbocycles. The lowest BCUT2D eigenvalue weighted by atomic mass is 10.1. The predicted molar refractivity (Wildman–Crippen MR) is 52.7 cm³/mol. The second-order valence-corrected chi connectivity index (χ2v) is 3.11. The Bertz CT molecular complexity index is 415. The van der Waals surface area contributed by atoms with Crippen molar-refractivity contribution in [2.75, 3.05) is 0 Å². The molecular formula is C9H10N2O4. The Morgan fingerprint density at radius 2 is 2.20 bits per heavy atom. The van der Waals surface area contributed by atoms with Crippen molar-refractivity contribution in [3.63, 3.8) is 0 Å². The summed E-state index contributed by atoms with van der Waals surface area (Å²) in [5.74, 6) is -0.876. The summed E-state index contributed by atoms with van der Waals surface area (Å²) in [4.78, 5) is 21.1. The van der Waals surface area contributed by atoms with Crippen molar-refractivity contribution in [1.82, 2.24) is 0 Å². The number of nitrogens with zero attached hydrogens (tertiary/aromatic N) is 1. The van der Waals surface area contributed by atoms with Crippen LogP contribution in [0.25, 0.3) is 0 Å². The molecule has 0 amide bonds. The molecule has 0 fully saturated rings. The van der Waals surface area contributed by atoms with E-state index in [1.165, 1.54) is 13.0 Å². The van der Waals surface area contributed by atoms with Crippen LogP contribution in [0.3, 0.4) is 0 Å². The molecule has 15 heavy (non-hydrogen) atoms. The fourth-order valence-electron chi connectivity index (χ4n) is 1.09. The molecule has 0 aliphatic heterocycles. The Labute approximate surface area is 85.5 Å². The monoisotopic (exact) mass is 210 g/mol. The van der Waals surface area contributed by atoms with Gasteiger partial charge in [-0.15, -0.1) is 0 Å². The average Bonchev–Trinajstić information content (AvgIpc) is 2.16. The van der Waals surface area contributed by atoms with Crippen LogP contribution in [-0.4, -0.2) is 21.9 Å². The number of carbonyl (C=O) groups is 1. The number of hydrogen-bond donors (Lipinski definition) is 2. The summed E-state index contributed by atoms with van der Waals surface area (Å²) in [7, 11) is 0. The molecular weight excluding hydrogens is 200 g/mol. The Hall–Kier alpha value is -1.95. The number of phenols is 1.